The minimum absolute atomic E-state index is 0.575. The summed E-state index contributed by atoms with van der Waals surface area (Å²) in [5.74, 6) is 0.575. The van der Waals surface area contributed by atoms with Crippen molar-refractivity contribution in [1.29, 1.82) is 0 Å². The van der Waals surface area contributed by atoms with Crippen molar-refractivity contribution >= 4 is 6.08 Å². The lowest BCUT2D eigenvalue weighted by Crippen LogP contribution is -1.89. The summed E-state index contributed by atoms with van der Waals surface area (Å²) in [7, 11) is 0. The molecule has 0 bridgehead atoms. The maximum atomic E-state index is 2.24. The monoisotopic (exact) mass is 186 g/mol. The molecule has 0 saturated carbocycles. The summed E-state index contributed by atoms with van der Waals surface area (Å²) in [6.45, 7) is 6.49. The molecule has 0 atom stereocenters. The summed E-state index contributed by atoms with van der Waals surface area (Å²) in [5, 5.41) is 0. The molecule has 0 aliphatic carbocycles. The van der Waals surface area contributed by atoms with Gasteiger partial charge in [0, 0.05) is 0 Å². The van der Waals surface area contributed by atoms with Gasteiger partial charge in [0.15, 0.2) is 0 Å². The van der Waals surface area contributed by atoms with Crippen LogP contribution in [0, 0.1) is 5.92 Å². The molecule has 0 spiro atoms. The van der Waals surface area contributed by atoms with E-state index in [-0.39, 0.29) is 0 Å². The average molecular weight is 186 g/mol. The van der Waals surface area contributed by atoms with Crippen molar-refractivity contribution < 1.29 is 0 Å². The second-order valence-electron chi connectivity index (χ2n) is 3.71. The summed E-state index contributed by atoms with van der Waals surface area (Å²) in [5.41, 5.74) is 2.65. The average Bonchev–Trinajstić information content (AvgIpc) is 2.18. The zero-order valence-corrected chi connectivity index (χ0v) is 9.20. The van der Waals surface area contributed by atoms with Gasteiger partial charge < -0.3 is 0 Å². The topological polar surface area (TPSA) is 0 Å². The standard InChI is InChI=1S/C14H18/c1-4-8-14(12(2)3)11-13-9-6-5-7-10-13/h4-12H,1-3H3/b8-4-,14-11-. The van der Waals surface area contributed by atoms with E-state index in [9.17, 15) is 0 Å². The number of hydrogen-bond acceptors (Lipinski definition) is 0. The molecule has 14 heavy (non-hydrogen) atoms. The van der Waals surface area contributed by atoms with Crippen LogP contribution in [0.1, 0.15) is 26.3 Å². The van der Waals surface area contributed by atoms with Gasteiger partial charge >= 0.3 is 0 Å². The maximum Gasteiger partial charge on any atom is -0.0219 e. The van der Waals surface area contributed by atoms with Crippen LogP contribution in [0.4, 0.5) is 0 Å². The molecule has 0 heteroatoms. The zero-order valence-electron chi connectivity index (χ0n) is 9.20. The molecule has 1 rings (SSSR count). The molecule has 0 fully saturated rings. The van der Waals surface area contributed by atoms with Crippen molar-refractivity contribution in [2.24, 2.45) is 5.92 Å². The van der Waals surface area contributed by atoms with Gasteiger partial charge in [-0.05, 0) is 24.0 Å². The van der Waals surface area contributed by atoms with Gasteiger partial charge in [-0.1, -0.05) is 62.4 Å². The molecule has 0 aromatic heterocycles. The highest BCUT2D eigenvalue weighted by atomic mass is 14.0. The van der Waals surface area contributed by atoms with Gasteiger partial charge in [0.1, 0.15) is 0 Å². The second kappa shape index (κ2) is 5.43. The summed E-state index contributed by atoms with van der Waals surface area (Å²) in [6.07, 6.45) is 6.51. The third kappa shape index (κ3) is 3.21. The van der Waals surface area contributed by atoms with E-state index in [4.69, 9.17) is 0 Å². The lowest BCUT2D eigenvalue weighted by atomic mass is 10.00. The van der Waals surface area contributed by atoms with Crippen LogP contribution in [0.25, 0.3) is 6.08 Å². The molecule has 0 nitrogen and oxygen atoms in total. The van der Waals surface area contributed by atoms with Crippen molar-refractivity contribution in [2.45, 2.75) is 20.8 Å². The van der Waals surface area contributed by atoms with Crippen molar-refractivity contribution in [1.82, 2.24) is 0 Å². The number of benzene rings is 1. The summed E-state index contributed by atoms with van der Waals surface area (Å²) < 4.78 is 0. The molecule has 0 heterocycles. The molecule has 74 valence electrons. The van der Waals surface area contributed by atoms with Crippen LogP contribution < -0.4 is 0 Å². The smallest absolute Gasteiger partial charge is 0.0219 e. The van der Waals surface area contributed by atoms with Gasteiger partial charge in [0.05, 0.1) is 0 Å². The van der Waals surface area contributed by atoms with Gasteiger partial charge in [-0.15, -0.1) is 0 Å². The SMILES string of the molecule is C/C=C\C(=C\c1ccccc1)C(C)C. The second-order valence-corrected chi connectivity index (χ2v) is 3.71. The van der Waals surface area contributed by atoms with Gasteiger partial charge in [0.25, 0.3) is 0 Å². The van der Waals surface area contributed by atoms with E-state index in [1.54, 1.807) is 0 Å². The van der Waals surface area contributed by atoms with Gasteiger partial charge in [-0.2, -0.15) is 0 Å². The third-order valence-electron chi connectivity index (χ3n) is 2.16. The van der Waals surface area contributed by atoms with Crippen molar-refractivity contribution in [3.8, 4) is 0 Å². The summed E-state index contributed by atoms with van der Waals surface area (Å²) in [4.78, 5) is 0. The Morgan fingerprint density at radius 3 is 2.29 bits per heavy atom. The van der Waals surface area contributed by atoms with Crippen LogP contribution >= 0.6 is 0 Å². The summed E-state index contributed by atoms with van der Waals surface area (Å²) in [6, 6.07) is 10.4. The van der Waals surface area contributed by atoms with E-state index in [2.05, 4.69) is 63.3 Å². The third-order valence-corrected chi connectivity index (χ3v) is 2.16. The first-order valence-corrected chi connectivity index (χ1v) is 5.13. The number of allylic oxidation sites excluding steroid dienone is 3. The van der Waals surface area contributed by atoms with Crippen LogP contribution in [0.5, 0.6) is 0 Å². The predicted molar refractivity (Wildman–Crippen MR) is 64.1 cm³/mol. The Morgan fingerprint density at radius 2 is 1.79 bits per heavy atom. The molecule has 1 aromatic carbocycles. The fraction of sp³-hybridized carbons (Fsp3) is 0.286. The van der Waals surface area contributed by atoms with E-state index < -0.39 is 0 Å². The molecule has 0 aliphatic heterocycles. The molecule has 0 amide bonds. The Labute approximate surface area is 87.0 Å². The molecule has 1 aromatic rings. The van der Waals surface area contributed by atoms with E-state index in [0.717, 1.165) is 0 Å². The van der Waals surface area contributed by atoms with Crippen LogP contribution in [-0.2, 0) is 0 Å². The Morgan fingerprint density at radius 1 is 1.14 bits per heavy atom. The molecule has 0 saturated heterocycles. The number of rotatable bonds is 3. The first-order valence-electron chi connectivity index (χ1n) is 5.13. The van der Waals surface area contributed by atoms with Crippen LogP contribution in [0.2, 0.25) is 0 Å². The molecule has 0 radical (unpaired) electrons. The van der Waals surface area contributed by atoms with Crippen molar-refractivity contribution in [2.75, 3.05) is 0 Å². The first kappa shape index (κ1) is 10.8. The van der Waals surface area contributed by atoms with Gasteiger partial charge in [-0.25, -0.2) is 0 Å². The van der Waals surface area contributed by atoms with Crippen molar-refractivity contribution in [3.05, 3.63) is 53.6 Å². The van der Waals surface area contributed by atoms with Gasteiger partial charge in [0.2, 0.25) is 0 Å². The fourth-order valence-electron chi connectivity index (χ4n) is 1.34. The Hall–Kier alpha value is -1.30. The quantitative estimate of drug-likeness (QED) is 0.617. The van der Waals surface area contributed by atoms with Crippen LogP contribution in [0.15, 0.2) is 48.1 Å². The molecular formula is C14H18. The largest absolute Gasteiger partial charge is 0.0874 e. The predicted octanol–water partition coefficient (Wildman–Crippen LogP) is 4.30. The molecule has 0 aliphatic rings. The maximum absolute atomic E-state index is 2.24. The van der Waals surface area contributed by atoms with E-state index in [1.165, 1.54) is 11.1 Å². The normalized spacial score (nSPS) is 12.7. The van der Waals surface area contributed by atoms with E-state index >= 15 is 0 Å². The van der Waals surface area contributed by atoms with Crippen LogP contribution in [0.3, 0.4) is 0 Å². The van der Waals surface area contributed by atoms with E-state index in [1.807, 2.05) is 6.07 Å². The van der Waals surface area contributed by atoms with E-state index in [0.29, 0.717) is 5.92 Å². The number of hydrogen-bond donors (Lipinski definition) is 0. The Kier molecular flexibility index (Phi) is 4.18. The van der Waals surface area contributed by atoms with Crippen molar-refractivity contribution in [3.63, 3.8) is 0 Å². The fourth-order valence-corrected chi connectivity index (χ4v) is 1.34. The van der Waals surface area contributed by atoms with Gasteiger partial charge in [-0.3, -0.25) is 0 Å². The Bertz CT molecular complexity index is 315. The Balaban J connectivity index is 2.94. The minimum atomic E-state index is 0.575. The highest BCUT2D eigenvalue weighted by molar-refractivity contribution is 5.56. The highest BCUT2D eigenvalue weighted by Crippen LogP contribution is 2.15. The first-order chi connectivity index (χ1) is 6.74. The highest BCUT2D eigenvalue weighted by Gasteiger charge is 1.98. The lowest BCUT2D eigenvalue weighted by molar-refractivity contribution is 0.797. The molecule has 0 unspecified atom stereocenters. The summed E-state index contributed by atoms with van der Waals surface area (Å²) >= 11 is 0. The van der Waals surface area contributed by atoms with Crippen LogP contribution in [-0.4, -0.2) is 0 Å². The zero-order chi connectivity index (χ0) is 10.4. The molecular weight excluding hydrogens is 168 g/mol. The molecule has 0 N–H and O–H groups in total. The minimum Gasteiger partial charge on any atom is -0.0874 e. The lowest BCUT2D eigenvalue weighted by Gasteiger charge is -2.06.